The fourth-order valence-electron chi connectivity index (χ4n) is 3.19. The molecule has 0 aliphatic heterocycles. The maximum absolute atomic E-state index is 12.7. The number of carbonyl (C=O) groups is 2. The number of aliphatic carboxylic acids is 1. The predicted octanol–water partition coefficient (Wildman–Crippen LogP) is 2.50. The first-order valence-corrected chi connectivity index (χ1v) is 7.62. The quantitative estimate of drug-likeness (QED) is 0.906. The van der Waals surface area contributed by atoms with E-state index in [0.29, 0.717) is 6.54 Å². The smallest absolute Gasteiger partial charge is 0.305 e. The fraction of sp³-hybridized carbons (Fsp3) is 0.529. The van der Waals surface area contributed by atoms with Gasteiger partial charge in [-0.05, 0) is 44.2 Å². The van der Waals surface area contributed by atoms with Crippen LogP contribution in [0.2, 0.25) is 0 Å². The van der Waals surface area contributed by atoms with Crippen LogP contribution in [0, 0.1) is 5.92 Å². The van der Waals surface area contributed by atoms with E-state index < -0.39 is 5.97 Å². The third kappa shape index (κ3) is 3.63. The summed E-state index contributed by atoms with van der Waals surface area (Å²) in [7, 11) is 0. The number of carbonyl (C=O) groups excluding carboxylic acids is 1. The lowest BCUT2D eigenvalue weighted by Crippen LogP contribution is -2.44. The molecule has 1 aliphatic rings. The van der Waals surface area contributed by atoms with Crippen molar-refractivity contribution in [3.63, 3.8) is 0 Å². The number of amides is 1. The maximum atomic E-state index is 12.7. The monoisotopic (exact) mass is 289 g/mol. The van der Waals surface area contributed by atoms with E-state index in [4.69, 9.17) is 5.11 Å². The van der Waals surface area contributed by atoms with Gasteiger partial charge in [-0.2, -0.15) is 0 Å². The van der Waals surface area contributed by atoms with Crippen molar-refractivity contribution < 1.29 is 14.7 Å². The van der Waals surface area contributed by atoms with E-state index in [-0.39, 0.29) is 24.3 Å². The molecule has 0 saturated carbocycles. The first kappa shape index (κ1) is 15.5. The Balaban J connectivity index is 2.07. The average Bonchev–Trinajstić information content (AvgIpc) is 2.46. The molecule has 21 heavy (non-hydrogen) atoms. The van der Waals surface area contributed by atoms with Crippen LogP contribution in [-0.2, 0) is 22.4 Å². The van der Waals surface area contributed by atoms with E-state index in [1.807, 2.05) is 26.0 Å². The number of carboxylic acids is 1. The molecule has 1 aromatic carbocycles. The lowest BCUT2D eigenvalue weighted by atomic mass is 9.83. The van der Waals surface area contributed by atoms with Crippen molar-refractivity contribution in [2.45, 2.75) is 45.6 Å². The van der Waals surface area contributed by atoms with Gasteiger partial charge in [0.2, 0.25) is 5.91 Å². The molecule has 1 N–H and O–H groups in total. The second-order valence-electron chi connectivity index (χ2n) is 5.78. The summed E-state index contributed by atoms with van der Waals surface area (Å²) in [6.07, 6.45) is 2.55. The minimum atomic E-state index is -0.859. The van der Waals surface area contributed by atoms with Gasteiger partial charge in [0.05, 0.1) is 6.42 Å². The Morgan fingerprint density at radius 2 is 2.00 bits per heavy atom. The largest absolute Gasteiger partial charge is 0.481 e. The van der Waals surface area contributed by atoms with Crippen molar-refractivity contribution in [3.05, 3.63) is 35.4 Å². The van der Waals surface area contributed by atoms with E-state index in [9.17, 15) is 9.59 Å². The molecule has 0 spiro atoms. The lowest BCUT2D eigenvalue weighted by Gasteiger charge is -2.33. The van der Waals surface area contributed by atoms with Crippen molar-refractivity contribution >= 4 is 11.9 Å². The molecular formula is C17H23NO3. The van der Waals surface area contributed by atoms with Crippen molar-refractivity contribution in [2.24, 2.45) is 5.92 Å². The first-order chi connectivity index (χ1) is 10.0. The summed E-state index contributed by atoms with van der Waals surface area (Å²) >= 11 is 0. The Kier molecular flexibility index (Phi) is 4.99. The Labute approximate surface area is 125 Å². The number of carboxylic acid groups (broad SMARTS) is 1. The van der Waals surface area contributed by atoms with E-state index >= 15 is 0 Å². The molecule has 1 aliphatic carbocycles. The van der Waals surface area contributed by atoms with Crippen LogP contribution in [0.4, 0.5) is 0 Å². The number of hydrogen-bond acceptors (Lipinski definition) is 2. The van der Waals surface area contributed by atoms with Gasteiger partial charge < -0.3 is 10.0 Å². The maximum Gasteiger partial charge on any atom is 0.305 e. The van der Waals surface area contributed by atoms with Crippen molar-refractivity contribution in [2.75, 3.05) is 6.54 Å². The van der Waals surface area contributed by atoms with Gasteiger partial charge in [-0.25, -0.2) is 0 Å². The van der Waals surface area contributed by atoms with Crippen LogP contribution >= 0.6 is 0 Å². The average molecular weight is 289 g/mol. The van der Waals surface area contributed by atoms with E-state index in [2.05, 4.69) is 12.1 Å². The van der Waals surface area contributed by atoms with Gasteiger partial charge in [0.25, 0.3) is 0 Å². The van der Waals surface area contributed by atoms with Gasteiger partial charge in [0.15, 0.2) is 0 Å². The van der Waals surface area contributed by atoms with E-state index in [1.54, 1.807) is 4.90 Å². The Hall–Kier alpha value is -1.84. The van der Waals surface area contributed by atoms with Crippen molar-refractivity contribution in [3.8, 4) is 0 Å². The van der Waals surface area contributed by atoms with Gasteiger partial charge in [0, 0.05) is 18.5 Å². The van der Waals surface area contributed by atoms with Crippen molar-refractivity contribution in [1.29, 1.82) is 0 Å². The molecule has 2 rings (SSSR count). The van der Waals surface area contributed by atoms with Crippen LogP contribution < -0.4 is 0 Å². The number of aryl methyl sites for hydroxylation is 1. The third-order valence-electron chi connectivity index (χ3n) is 4.32. The van der Waals surface area contributed by atoms with Crippen molar-refractivity contribution in [1.82, 2.24) is 4.90 Å². The topological polar surface area (TPSA) is 57.6 Å². The second kappa shape index (κ2) is 6.74. The fourth-order valence-corrected chi connectivity index (χ4v) is 3.19. The summed E-state index contributed by atoms with van der Waals surface area (Å²) in [6, 6.07) is 8.01. The summed E-state index contributed by atoms with van der Waals surface area (Å²) < 4.78 is 0. The highest BCUT2D eigenvalue weighted by atomic mass is 16.4. The van der Waals surface area contributed by atoms with E-state index in [1.165, 1.54) is 11.1 Å². The van der Waals surface area contributed by atoms with Crippen LogP contribution in [0.15, 0.2) is 24.3 Å². The molecular weight excluding hydrogens is 266 g/mol. The van der Waals surface area contributed by atoms with Gasteiger partial charge in [-0.15, -0.1) is 0 Å². The van der Waals surface area contributed by atoms with Crippen LogP contribution in [0.1, 0.15) is 37.8 Å². The van der Waals surface area contributed by atoms with E-state index in [0.717, 1.165) is 19.3 Å². The number of nitrogens with zero attached hydrogens (tertiary/aromatic N) is 1. The Bertz CT molecular complexity index is 527. The SMILES string of the molecule is CCN(C(=O)C1CCc2ccccc2C1)C(C)CC(=O)O. The molecule has 114 valence electrons. The van der Waals surface area contributed by atoms with Gasteiger partial charge >= 0.3 is 5.97 Å². The summed E-state index contributed by atoms with van der Waals surface area (Å²) in [5, 5.41) is 8.91. The Morgan fingerprint density at radius 1 is 1.33 bits per heavy atom. The zero-order valence-electron chi connectivity index (χ0n) is 12.7. The Morgan fingerprint density at radius 3 is 2.62 bits per heavy atom. The highest BCUT2D eigenvalue weighted by Gasteiger charge is 2.30. The third-order valence-corrected chi connectivity index (χ3v) is 4.32. The summed E-state index contributed by atoms with van der Waals surface area (Å²) in [6.45, 7) is 4.28. The number of rotatable bonds is 5. The summed E-state index contributed by atoms with van der Waals surface area (Å²) in [4.78, 5) is 25.3. The first-order valence-electron chi connectivity index (χ1n) is 7.62. The molecule has 0 bridgehead atoms. The van der Waals surface area contributed by atoms with Gasteiger partial charge in [0.1, 0.15) is 0 Å². The van der Waals surface area contributed by atoms with Crippen LogP contribution in [-0.4, -0.2) is 34.5 Å². The minimum Gasteiger partial charge on any atom is -0.481 e. The normalized spacial score (nSPS) is 18.7. The molecule has 0 saturated heterocycles. The second-order valence-corrected chi connectivity index (χ2v) is 5.78. The molecule has 0 heterocycles. The molecule has 1 aromatic rings. The van der Waals surface area contributed by atoms with Crippen LogP contribution in [0.25, 0.3) is 0 Å². The number of benzene rings is 1. The summed E-state index contributed by atoms with van der Waals surface area (Å²) in [5.74, 6) is -0.778. The minimum absolute atomic E-state index is 0.00286. The van der Waals surface area contributed by atoms with Gasteiger partial charge in [-0.3, -0.25) is 9.59 Å². The zero-order valence-corrected chi connectivity index (χ0v) is 12.7. The highest BCUT2D eigenvalue weighted by Crippen LogP contribution is 2.27. The molecule has 2 unspecified atom stereocenters. The predicted molar refractivity (Wildman–Crippen MR) is 81.1 cm³/mol. The van der Waals surface area contributed by atoms with Gasteiger partial charge in [-0.1, -0.05) is 24.3 Å². The molecule has 4 nitrogen and oxygen atoms in total. The number of fused-ring (bicyclic) bond motifs is 1. The van der Waals surface area contributed by atoms with Crippen LogP contribution in [0.3, 0.4) is 0 Å². The zero-order chi connectivity index (χ0) is 15.4. The highest BCUT2D eigenvalue weighted by molar-refractivity contribution is 5.80. The molecule has 2 atom stereocenters. The number of hydrogen-bond donors (Lipinski definition) is 1. The summed E-state index contributed by atoms with van der Waals surface area (Å²) in [5.41, 5.74) is 2.59. The lowest BCUT2D eigenvalue weighted by molar-refractivity contribution is -0.142. The molecule has 4 heteroatoms. The molecule has 0 aromatic heterocycles. The molecule has 1 amide bonds. The molecule has 0 radical (unpaired) electrons. The van der Waals surface area contributed by atoms with Crippen LogP contribution in [0.5, 0.6) is 0 Å². The molecule has 0 fully saturated rings. The standard InChI is InChI=1S/C17H23NO3/c1-3-18(12(2)10-16(19)20)17(21)15-9-8-13-6-4-5-7-14(13)11-15/h4-7,12,15H,3,8-11H2,1-2H3,(H,19,20).